The summed E-state index contributed by atoms with van der Waals surface area (Å²) in [5.41, 5.74) is 1.50. The summed E-state index contributed by atoms with van der Waals surface area (Å²) in [6.45, 7) is 2.73. The smallest absolute Gasteiger partial charge is 0.303 e. The molecule has 0 bridgehead atoms. The third kappa shape index (κ3) is 4.09. The zero-order chi connectivity index (χ0) is 15.9. The van der Waals surface area contributed by atoms with Gasteiger partial charge in [0, 0.05) is 24.6 Å². The summed E-state index contributed by atoms with van der Waals surface area (Å²) < 4.78 is 0. The summed E-state index contributed by atoms with van der Waals surface area (Å²) in [6, 6.07) is 7.74. The van der Waals surface area contributed by atoms with Gasteiger partial charge in [0.25, 0.3) is 5.91 Å². The third-order valence-corrected chi connectivity index (χ3v) is 4.47. The van der Waals surface area contributed by atoms with Crippen LogP contribution in [-0.2, 0) is 11.2 Å². The van der Waals surface area contributed by atoms with Crippen molar-refractivity contribution in [2.45, 2.75) is 57.9 Å². The maximum Gasteiger partial charge on any atom is 0.303 e. The van der Waals surface area contributed by atoms with Gasteiger partial charge in [-0.2, -0.15) is 0 Å². The first kappa shape index (κ1) is 16.5. The molecule has 1 saturated carbocycles. The molecule has 2 rings (SSSR count). The fourth-order valence-corrected chi connectivity index (χ4v) is 3.30. The predicted molar refractivity (Wildman–Crippen MR) is 86.0 cm³/mol. The maximum atomic E-state index is 12.9. The Morgan fingerprint density at radius 2 is 1.86 bits per heavy atom. The minimum absolute atomic E-state index is 0.0513. The van der Waals surface area contributed by atoms with Gasteiger partial charge < -0.3 is 10.0 Å². The van der Waals surface area contributed by atoms with Gasteiger partial charge in [-0.1, -0.05) is 37.5 Å². The summed E-state index contributed by atoms with van der Waals surface area (Å²) in [6.07, 6.45) is 6.26. The maximum absolute atomic E-state index is 12.9. The number of carbonyl (C=O) groups is 2. The van der Waals surface area contributed by atoms with Crippen LogP contribution in [0.4, 0.5) is 0 Å². The van der Waals surface area contributed by atoms with E-state index in [0.717, 1.165) is 18.4 Å². The van der Waals surface area contributed by atoms with Gasteiger partial charge in [0.2, 0.25) is 0 Å². The van der Waals surface area contributed by atoms with E-state index in [9.17, 15) is 9.59 Å². The number of carboxylic acids is 1. The first-order valence-corrected chi connectivity index (χ1v) is 8.24. The molecule has 22 heavy (non-hydrogen) atoms. The van der Waals surface area contributed by atoms with Crippen LogP contribution in [0.2, 0.25) is 0 Å². The van der Waals surface area contributed by atoms with Gasteiger partial charge in [0.15, 0.2) is 0 Å². The molecule has 1 amide bonds. The minimum Gasteiger partial charge on any atom is -0.481 e. The molecule has 4 heteroatoms. The Morgan fingerprint density at radius 3 is 2.50 bits per heavy atom. The van der Waals surface area contributed by atoms with E-state index in [1.54, 1.807) is 0 Å². The van der Waals surface area contributed by atoms with Crippen molar-refractivity contribution in [1.82, 2.24) is 4.90 Å². The number of benzene rings is 1. The molecule has 0 aliphatic heterocycles. The molecule has 120 valence electrons. The van der Waals surface area contributed by atoms with E-state index >= 15 is 0 Å². The van der Waals surface area contributed by atoms with Crippen molar-refractivity contribution in [1.29, 1.82) is 0 Å². The number of hydrogen-bond donors (Lipinski definition) is 1. The number of rotatable bonds is 6. The third-order valence-electron chi connectivity index (χ3n) is 4.47. The number of aryl methyl sites for hydroxylation is 1. The molecule has 0 radical (unpaired) electrons. The first-order chi connectivity index (χ1) is 10.6. The van der Waals surface area contributed by atoms with Crippen LogP contribution in [0.5, 0.6) is 0 Å². The molecule has 1 N–H and O–H groups in total. The zero-order valence-electron chi connectivity index (χ0n) is 13.3. The molecule has 0 spiro atoms. The summed E-state index contributed by atoms with van der Waals surface area (Å²) in [5.74, 6) is -0.780. The summed E-state index contributed by atoms with van der Waals surface area (Å²) in [4.78, 5) is 25.7. The molecular formula is C18H25NO3. The monoisotopic (exact) mass is 303 g/mol. The van der Waals surface area contributed by atoms with Crippen LogP contribution in [0.1, 0.15) is 61.4 Å². The van der Waals surface area contributed by atoms with Gasteiger partial charge in [-0.15, -0.1) is 0 Å². The lowest BCUT2D eigenvalue weighted by Gasteiger charge is -2.34. The number of carbonyl (C=O) groups excluding carboxylic acids is 1. The van der Waals surface area contributed by atoms with Crippen molar-refractivity contribution in [3.63, 3.8) is 0 Å². The van der Waals surface area contributed by atoms with Crippen molar-refractivity contribution >= 4 is 11.9 Å². The Hall–Kier alpha value is -1.84. The molecule has 0 saturated heterocycles. The Balaban J connectivity index is 2.17. The highest BCUT2D eigenvalue weighted by molar-refractivity contribution is 5.96. The number of amides is 1. The van der Waals surface area contributed by atoms with Crippen molar-refractivity contribution in [3.05, 3.63) is 35.4 Å². The summed E-state index contributed by atoms with van der Waals surface area (Å²) in [5, 5.41) is 8.87. The largest absolute Gasteiger partial charge is 0.481 e. The van der Waals surface area contributed by atoms with Gasteiger partial charge in [0.05, 0.1) is 0 Å². The van der Waals surface area contributed by atoms with Crippen LogP contribution < -0.4 is 0 Å². The Bertz CT molecular complexity index is 521. The lowest BCUT2D eigenvalue weighted by atomic mass is 9.93. The van der Waals surface area contributed by atoms with Gasteiger partial charge in [0.1, 0.15) is 0 Å². The van der Waals surface area contributed by atoms with Gasteiger partial charge in [-0.25, -0.2) is 0 Å². The molecule has 1 aromatic rings. The van der Waals surface area contributed by atoms with Crippen LogP contribution in [0.15, 0.2) is 24.3 Å². The van der Waals surface area contributed by atoms with Crippen LogP contribution in [0.25, 0.3) is 0 Å². The molecular weight excluding hydrogens is 278 g/mol. The summed E-state index contributed by atoms with van der Waals surface area (Å²) >= 11 is 0. The second-order valence-electron chi connectivity index (χ2n) is 5.93. The van der Waals surface area contributed by atoms with Crippen LogP contribution >= 0.6 is 0 Å². The molecule has 4 nitrogen and oxygen atoms in total. The zero-order valence-corrected chi connectivity index (χ0v) is 13.3. The van der Waals surface area contributed by atoms with Crippen molar-refractivity contribution in [2.24, 2.45) is 0 Å². The highest BCUT2D eigenvalue weighted by atomic mass is 16.4. The fraction of sp³-hybridized carbons (Fsp3) is 0.556. The number of hydrogen-bond acceptors (Lipinski definition) is 2. The molecule has 1 aliphatic rings. The molecule has 0 aromatic heterocycles. The molecule has 0 heterocycles. The summed E-state index contributed by atoms with van der Waals surface area (Å²) in [7, 11) is 0. The van der Waals surface area contributed by atoms with Gasteiger partial charge in [-0.3, -0.25) is 9.59 Å². The van der Waals surface area contributed by atoms with E-state index in [2.05, 4.69) is 0 Å². The van der Waals surface area contributed by atoms with Crippen molar-refractivity contribution in [3.8, 4) is 0 Å². The van der Waals surface area contributed by atoms with E-state index in [1.165, 1.54) is 19.3 Å². The quantitative estimate of drug-likeness (QED) is 0.875. The molecule has 1 aromatic carbocycles. The van der Waals surface area contributed by atoms with E-state index in [-0.39, 0.29) is 12.3 Å². The lowest BCUT2D eigenvalue weighted by molar-refractivity contribution is -0.136. The van der Waals surface area contributed by atoms with Crippen LogP contribution in [-0.4, -0.2) is 34.5 Å². The topological polar surface area (TPSA) is 57.6 Å². The van der Waals surface area contributed by atoms with Crippen molar-refractivity contribution in [2.75, 3.05) is 6.54 Å². The van der Waals surface area contributed by atoms with E-state index in [0.29, 0.717) is 24.6 Å². The molecule has 0 unspecified atom stereocenters. The highest BCUT2D eigenvalue weighted by Crippen LogP contribution is 2.25. The molecule has 1 aliphatic carbocycles. The Labute approximate surface area is 132 Å². The average molecular weight is 303 g/mol. The van der Waals surface area contributed by atoms with E-state index < -0.39 is 5.97 Å². The van der Waals surface area contributed by atoms with Crippen LogP contribution in [0.3, 0.4) is 0 Å². The second-order valence-corrected chi connectivity index (χ2v) is 5.93. The minimum atomic E-state index is -0.832. The number of aliphatic carboxylic acids is 1. The lowest BCUT2D eigenvalue weighted by Crippen LogP contribution is -2.41. The predicted octanol–water partition coefficient (Wildman–Crippen LogP) is 3.50. The molecule has 1 fully saturated rings. The first-order valence-electron chi connectivity index (χ1n) is 8.24. The number of nitrogens with zero attached hydrogens (tertiary/aromatic N) is 1. The van der Waals surface area contributed by atoms with Gasteiger partial charge >= 0.3 is 5.97 Å². The Morgan fingerprint density at radius 1 is 1.18 bits per heavy atom. The van der Waals surface area contributed by atoms with Crippen LogP contribution in [0, 0.1) is 0 Å². The number of carboxylic acid groups (broad SMARTS) is 1. The Kier molecular flexibility index (Phi) is 5.99. The highest BCUT2D eigenvalue weighted by Gasteiger charge is 2.26. The van der Waals surface area contributed by atoms with E-state index in [4.69, 9.17) is 5.11 Å². The average Bonchev–Trinajstić information content (AvgIpc) is 2.55. The normalized spacial score (nSPS) is 15.5. The van der Waals surface area contributed by atoms with Gasteiger partial charge in [-0.05, 0) is 37.8 Å². The standard InChI is InChI=1S/C18H25NO3/c1-2-19(15-9-4-3-5-10-15)18(22)16-11-7-6-8-14(16)12-13-17(20)21/h6-8,11,15H,2-5,9-10,12-13H2,1H3,(H,20,21). The molecule has 0 atom stereocenters. The fourth-order valence-electron chi connectivity index (χ4n) is 3.30. The SMILES string of the molecule is CCN(C(=O)c1ccccc1CCC(=O)O)C1CCCCC1. The van der Waals surface area contributed by atoms with Crippen molar-refractivity contribution < 1.29 is 14.7 Å². The second kappa shape index (κ2) is 7.97. The van der Waals surface area contributed by atoms with E-state index in [1.807, 2.05) is 36.1 Å².